The van der Waals surface area contributed by atoms with Gasteiger partial charge in [0.1, 0.15) is 0 Å². The maximum Gasteiger partial charge on any atom is 0.393 e. The van der Waals surface area contributed by atoms with Crippen molar-refractivity contribution in [3.05, 3.63) is 11.9 Å². The van der Waals surface area contributed by atoms with E-state index in [0.717, 1.165) is 0 Å². The summed E-state index contributed by atoms with van der Waals surface area (Å²) < 4.78 is 46.5. The highest BCUT2D eigenvalue weighted by molar-refractivity contribution is 5.30. The Balaban J connectivity index is 2.44. The Labute approximate surface area is 116 Å². The summed E-state index contributed by atoms with van der Waals surface area (Å²) in [4.78, 5) is 0. The Morgan fingerprint density at radius 3 is 2.70 bits per heavy atom. The number of aromatic nitrogens is 2. The van der Waals surface area contributed by atoms with Crippen LogP contribution in [0.5, 0.6) is 5.75 Å². The third-order valence-electron chi connectivity index (χ3n) is 3.68. The maximum absolute atomic E-state index is 13.2. The van der Waals surface area contributed by atoms with Gasteiger partial charge < -0.3 is 10.1 Å². The van der Waals surface area contributed by atoms with E-state index in [9.17, 15) is 13.2 Å². The molecule has 4 nitrogen and oxygen atoms in total. The average molecular weight is 291 g/mol. The van der Waals surface area contributed by atoms with Crippen LogP contribution in [0.25, 0.3) is 0 Å². The van der Waals surface area contributed by atoms with Gasteiger partial charge in [0.05, 0.1) is 31.0 Å². The number of halogens is 3. The average Bonchev–Trinajstić information content (AvgIpc) is 2.81. The zero-order valence-corrected chi connectivity index (χ0v) is 11.9. The Morgan fingerprint density at radius 2 is 2.15 bits per heavy atom. The third-order valence-corrected chi connectivity index (χ3v) is 3.68. The largest absolute Gasteiger partial charge is 0.493 e. The second-order valence-electron chi connectivity index (χ2n) is 5.36. The number of methoxy groups -OCH3 is 1. The molecule has 0 aromatic carbocycles. The van der Waals surface area contributed by atoms with Gasteiger partial charge in [-0.15, -0.1) is 0 Å². The predicted molar refractivity (Wildman–Crippen MR) is 68.7 cm³/mol. The summed E-state index contributed by atoms with van der Waals surface area (Å²) >= 11 is 0. The molecule has 20 heavy (non-hydrogen) atoms. The van der Waals surface area contributed by atoms with Crippen LogP contribution in [0.4, 0.5) is 13.2 Å². The molecule has 1 N–H and O–H groups in total. The SMILES string of the molecule is COc1cnn(C(C)C)c1C1NCCCC1C(F)(F)F. The first kappa shape index (κ1) is 15.2. The summed E-state index contributed by atoms with van der Waals surface area (Å²) in [5.41, 5.74) is 0.490. The van der Waals surface area contributed by atoms with Crippen molar-refractivity contribution in [2.75, 3.05) is 13.7 Å². The lowest BCUT2D eigenvalue weighted by atomic mass is 9.87. The molecule has 0 amide bonds. The molecule has 7 heteroatoms. The number of nitrogens with one attached hydrogen (secondary N) is 1. The van der Waals surface area contributed by atoms with E-state index in [1.165, 1.54) is 13.3 Å². The predicted octanol–water partition coefficient (Wildman–Crippen LogP) is 3.08. The molecule has 0 radical (unpaired) electrons. The fourth-order valence-corrected chi connectivity index (χ4v) is 2.75. The molecular formula is C13H20F3N3O. The van der Waals surface area contributed by atoms with Crippen molar-refractivity contribution in [1.82, 2.24) is 15.1 Å². The van der Waals surface area contributed by atoms with E-state index in [0.29, 0.717) is 24.4 Å². The van der Waals surface area contributed by atoms with Crippen molar-refractivity contribution in [2.45, 2.75) is 44.9 Å². The Morgan fingerprint density at radius 1 is 1.45 bits per heavy atom. The van der Waals surface area contributed by atoms with Gasteiger partial charge in [-0.1, -0.05) is 0 Å². The Kier molecular flexibility index (Phi) is 4.27. The van der Waals surface area contributed by atoms with Crippen LogP contribution in [-0.4, -0.2) is 29.6 Å². The minimum Gasteiger partial charge on any atom is -0.493 e. The monoisotopic (exact) mass is 291 g/mol. The molecule has 2 unspecified atom stereocenters. The van der Waals surface area contributed by atoms with Crippen molar-refractivity contribution in [3.63, 3.8) is 0 Å². The van der Waals surface area contributed by atoms with Gasteiger partial charge in [-0.25, -0.2) is 0 Å². The lowest BCUT2D eigenvalue weighted by molar-refractivity contribution is -0.189. The first-order chi connectivity index (χ1) is 9.36. The number of hydrogen-bond donors (Lipinski definition) is 1. The van der Waals surface area contributed by atoms with E-state index in [-0.39, 0.29) is 12.5 Å². The molecule has 0 spiro atoms. The van der Waals surface area contributed by atoms with Crippen molar-refractivity contribution in [2.24, 2.45) is 5.92 Å². The van der Waals surface area contributed by atoms with Crippen molar-refractivity contribution < 1.29 is 17.9 Å². The summed E-state index contributed by atoms with van der Waals surface area (Å²) in [5.74, 6) is -0.994. The molecule has 1 aliphatic heterocycles. The minimum absolute atomic E-state index is 0.0217. The number of hydrogen-bond acceptors (Lipinski definition) is 3. The summed E-state index contributed by atoms with van der Waals surface area (Å²) in [6.07, 6.45) is -2.08. The van der Waals surface area contributed by atoms with E-state index in [1.54, 1.807) is 4.68 Å². The van der Waals surface area contributed by atoms with Crippen LogP contribution in [0.2, 0.25) is 0 Å². The molecule has 1 aromatic rings. The first-order valence-corrected chi connectivity index (χ1v) is 6.77. The van der Waals surface area contributed by atoms with Crippen molar-refractivity contribution in [3.8, 4) is 5.75 Å². The van der Waals surface area contributed by atoms with Crippen LogP contribution >= 0.6 is 0 Å². The summed E-state index contributed by atoms with van der Waals surface area (Å²) in [5, 5.41) is 7.15. The van der Waals surface area contributed by atoms with Crippen molar-refractivity contribution >= 4 is 0 Å². The smallest absolute Gasteiger partial charge is 0.393 e. The van der Waals surface area contributed by atoms with Crippen LogP contribution in [0.1, 0.15) is 44.5 Å². The van der Waals surface area contributed by atoms with Gasteiger partial charge in [-0.05, 0) is 33.2 Å². The second-order valence-corrected chi connectivity index (χ2v) is 5.36. The van der Waals surface area contributed by atoms with Crippen LogP contribution in [-0.2, 0) is 0 Å². The van der Waals surface area contributed by atoms with Crippen LogP contribution < -0.4 is 10.1 Å². The molecule has 114 valence electrons. The van der Waals surface area contributed by atoms with E-state index in [4.69, 9.17) is 4.74 Å². The Bertz CT molecular complexity index is 456. The summed E-state index contributed by atoms with van der Waals surface area (Å²) in [6, 6.07) is -0.824. The molecule has 1 saturated heterocycles. The van der Waals surface area contributed by atoms with Crippen LogP contribution in [0.15, 0.2) is 6.20 Å². The first-order valence-electron chi connectivity index (χ1n) is 6.77. The quantitative estimate of drug-likeness (QED) is 0.930. The topological polar surface area (TPSA) is 39.1 Å². The molecule has 2 rings (SSSR count). The zero-order valence-electron chi connectivity index (χ0n) is 11.9. The van der Waals surface area contributed by atoms with Gasteiger partial charge in [0.15, 0.2) is 5.75 Å². The summed E-state index contributed by atoms with van der Waals surface area (Å²) in [6.45, 7) is 4.35. The lowest BCUT2D eigenvalue weighted by Gasteiger charge is -2.35. The third kappa shape index (κ3) is 2.77. The lowest BCUT2D eigenvalue weighted by Crippen LogP contribution is -2.42. The number of piperidine rings is 1. The van der Waals surface area contributed by atoms with Gasteiger partial charge >= 0.3 is 6.18 Å². The van der Waals surface area contributed by atoms with Gasteiger partial charge in [-0.3, -0.25) is 4.68 Å². The van der Waals surface area contributed by atoms with E-state index < -0.39 is 18.1 Å². The van der Waals surface area contributed by atoms with Crippen LogP contribution in [0, 0.1) is 5.92 Å². The van der Waals surface area contributed by atoms with Crippen molar-refractivity contribution in [1.29, 1.82) is 0 Å². The standard InChI is InChI=1S/C13H20F3N3O/c1-8(2)19-12(10(20-3)7-18-19)11-9(13(14,15)16)5-4-6-17-11/h7-9,11,17H,4-6H2,1-3H3. The van der Waals surface area contributed by atoms with Gasteiger partial charge in [0, 0.05) is 6.04 Å². The van der Waals surface area contributed by atoms with Crippen LogP contribution in [0.3, 0.4) is 0 Å². The number of ether oxygens (including phenoxy) is 1. The van der Waals surface area contributed by atoms with Gasteiger partial charge in [0.25, 0.3) is 0 Å². The van der Waals surface area contributed by atoms with Gasteiger partial charge in [-0.2, -0.15) is 18.3 Å². The highest BCUT2D eigenvalue weighted by Gasteiger charge is 2.48. The highest BCUT2D eigenvalue weighted by atomic mass is 19.4. The highest BCUT2D eigenvalue weighted by Crippen LogP contribution is 2.43. The van der Waals surface area contributed by atoms with E-state index in [1.807, 2.05) is 13.8 Å². The fourth-order valence-electron chi connectivity index (χ4n) is 2.75. The second kappa shape index (κ2) is 5.63. The van der Waals surface area contributed by atoms with E-state index >= 15 is 0 Å². The molecule has 0 aliphatic carbocycles. The number of rotatable bonds is 3. The number of nitrogens with zero attached hydrogens (tertiary/aromatic N) is 2. The maximum atomic E-state index is 13.2. The summed E-state index contributed by atoms with van der Waals surface area (Å²) in [7, 11) is 1.45. The van der Waals surface area contributed by atoms with Gasteiger partial charge in [0.2, 0.25) is 0 Å². The molecule has 1 fully saturated rings. The molecule has 2 atom stereocenters. The number of alkyl halides is 3. The Hall–Kier alpha value is -1.24. The molecule has 0 bridgehead atoms. The zero-order chi connectivity index (χ0) is 14.9. The molecule has 1 aliphatic rings. The molecule has 0 saturated carbocycles. The molecule has 2 heterocycles. The molecular weight excluding hydrogens is 271 g/mol. The fraction of sp³-hybridized carbons (Fsp3) is 0.769. The minimum atomic E-state index is -4.23. The molecule has 1 aromatic heterocycles. The normalized spacial score (nSPS) is 24.1. The van der Waals surface area contributed by atoms with E-state index in [2.05, 4.69) is 10.4 Å².